The lowest BCUT2D eigenvalue weighted by Gasteiger charge is -2.02. The van der Waals surface area contributed by atoms with Gasteiger partial charge in [0.1, 0.15) is 16.7 Å². The van der Waals surface area contributed by atoms with Crippen LogP contribution < -0.4 is 10.9 Å². The van der Waals surface area contributed by atoms with Crippen molar-refractivity contribution in [2.24, 2.45) is 0 Å². The molecule has 0 aliphatic rings. The smallest absolute Gasteiger partial charge is 0.349 e. The third-order valence-corrected chi connectivity index (χ3v) is 4.94. The van der Waals surface area contributed by atoms with Gasteiger partial charge in [-0.1, -0.05) is 52.7 Å². The Bertz CT molecular complexity index is 1200. The first-order valence-corrected chi connectivity index (χ1v) is 8.68. The molecule has 2 aromatic carbocycles. The molecule has 0 saturated heterocycles. The van der Waals surface area contributed by atoms with Crippen molar-refractivity contribution in [2.45, 2.75) is 0 Å². The number of para-hydroxylation sites is 1. The predicted octanol–water partition coefficient (Wildman–Crippen LogP) is 4.96. The molecule has 0 saturated carbocycles. The molecule has 4 rings (SSSR count). The van der Waals surface area contributed by atoms with Crippen LogP contribution >= 0.6 is 34.5 Å². The van der Waals surface area contributed by atoms with E-state index in [0.717, 1.165) is 4.70 Å². The zero-order chi connectivity index (χ0) is 17.6. The zero-order valence-corrected chi connectivity index (χ0v) is 14.7. The predicted molar refractivity (Wildman–Crippen MR) is 100 cm³/mol. The molecule has 0 fully saturated rings. The van der Waals surface area contributed by atoms with Crippen molar-refractivity contribution < 1.29 is 9.21 Å². The number of thiazole rings is 1. The number of benzene rings is 2. The number of carbonyl (C=O) groups is 1. The molecule has 25 heavy (non-hydrogen) atoms. The van der Waals surface area contributed by atoms with Crippen LogP contribution in [0.5, 0.6) is 0 Å². The van der Waals surface area contributed by atoms with E-state index in [9.17, 15) is 9.59 Å². The van der Waals surface area contributed by atoms with E-state index in [-0.39, 0.29) is 5.56 Å². The lowest BCUT2D eigenvalue weighted by molar-refractivity contribution is 0.102. The second-order valence-electron chi connectivity index (χ2n) is 5.19. The first-order chi connectivity index (χ1) is 12.0. The molecule has 0 radical (unpaired) electrons. The lowest BCUT2D eigenvalue weighted by atomic mass is 10.2. The molecule has 4 aromatic rings. The first kappa shape index (κ1) is 16.1. The second kappa shape index (κ2) is 6.15. The van der Waals surface area contributed by atoms with Crippen molar-refractivity contribution in [1.29, 1.82) is 0 Å². The Morgan fingerprint density at radius 3 is 2.80 bits per heavy atom. The molecule has 2 heterocycles. The number of carbonyl (C=O) groups excluding carboxylic acids is 1. The number of nitrogens with zero attached hydrogens (tertiary/aromatic N) is 1. The van der Waals surface area contributed by atoms with Crippen LogP contribution in [0.3, 0.4) is 0 Å². The van der Waals surface area contributed by atoms with E-state index in [1.807, 2.05) is 0 Å². The molecule has 5 nitrogen and oxygen atoms in total. The number of fused-ring (bicyclic) bond motifs is 2. The van der Waals surface area contributed by atoms with Crippen LogP contribution in [0.15, 0.2) is 51.7 Å². The number of aromatic nitrogens is 1. The van der Waals surface area contributed by atoms with Crippen molar-refractivity contribution in [3.63, 3.8) is 0 Å². The van der Waals surface area contributed by atoms with Crippen LogP contribution in [0.2, 0.25) is 10.0 Å². The number of amides is 1. The summed E-state index contributed by atoms with van der Waals surface area (Å²) in [4.78, 5) is 28.8. The minimum absolute atomic E-state index is 0.0953. The van der Waals surface area contributed by atoms with E-state index < -0.39 is 11.5 Å². The van der Waals surface area contributed by atoms with Gasteiger partial charge in [0, 0.05) is 10.4 Å². The molecule has 0 unspecified atom stereocenters. The van der Waals surface area contributed by atoms with Crippen LogP contribution in [0, 0.1) is 0 Å². The maximum atomic E-state index is 12.4. The third kappa shape index (κ3) is 3.00. The summed E-state index contributed by atoms with van der Waals surface area (Å²) in [6.45, 7) is 0. The van der Waals surface area contributed by atoms with Crippen molar-refractivity contribution in [3.8, 4) is 0 Å². The highest BCUT2D eigenvalue weighted by Gasteiger charge is 2.16. The van der Waals surface area contributed by atoms with Gasteiger partial charge in [0.2, 0.25) is 0 Å². The summed E-state index contributed by atoms with van der Waals surface area (Å²) in [7, 11) is 0. The summed E-state index contributed by atoms with van der Waals surface area (Å²) in [6.07, 6.45) is 0. The molecule has 0 atom stereocenters. The number of nitrogens with one attached hydrogen (secondary N) is 1. The molecule has 0 aliphatic heterocycles. The molecule has 2 aromatic heterocycles. The molecule has 124 valence electrons. The Kier molecular flexibility index (Phi) is 3.95. The number of hydrogen-bond donors (Lipinski definition) is 1. The zero-order valence-electron chi connectivity index (χ0n) is 12.4. The first-order valence-electron chi connectivity index (χ1n) is 7.11. The molecular weight excluding hydrogens is 383 g/mol. The highest BCUT2D eigenvalue weighted by molar-refractivity contribution is 7.22. The summed E-state index contributed by atoms with van der Waals surface area (Å²) < 4.78 is 5.91. The van der Waals surface area contributed by atoms with Gasteiger partial charge in [0.05, 0.1) is 9.72 Å². The SMILES string of the molecule is O=C(Nc1nc2c(Cl)cc(Cl)cc2s1)c1cc2ccccc2oc1=O. The number of halogens is 2. The normalized spacial score (nSPS) is 11.1. The van der Waals surface area contributed by atoms with Crippen LogP contribution in [0.25, 0.3) is 21.2 Å². The fraction of sp³-hybridized carbons (Fsp3) is 0. The average Bonchev–Trinajstić information content (AvgIpc) is 2.96. The maximum absolute atomic E-state index is 12.4. The summed E-state index contributed by atoms with van der Waals surface area (Å²) in [5, 5.41) is 4.46. The lowest BCUT2D eigenvalue weighted by Crippen LogP contribution is -2.20. The Hall–Kier alpha value is -2.41. The Balaban J connectivity index is 1.71. The third-order valence-electron chi connectivity index (χ3n) is 3.52. The number of hydrogen-bond acceptors (Lipinski definition) is 5. The molecule has 1 amide bonds. The van der Waals surface area contributed by atoms with Gasteiger partial charge in [-0.15, -0.1) is 0 Å². The standard InChI is InChI=1S/C17H8Cl2N2O3S/c18-9-6-11(19)14-13(7-9)25-17(20-14)21-15(22)10-5-8-3-1-2-4-12(8)24-16(10)23/h1-7H,(H,20,21,22). The quantitative estimate of drug-likeness (QED) is 0.490. The van der Waals surface area contributed by atoms with Gasteiger partial charge in [0.15, 0.2) is 5.13 Å². The number of anilines is 1. The molecular formula is C17H8Cl2N2O3S. The molecule has 8 heteroatoms. The minimum Gasteiger partial charge on any atom is -0.422 e. The van der Waals surface area contributed by atoms with Crippen LogP contribution in [0.1, 0.15) is 10.4 Å². The van der Waals surface area contributed by atoms with Gasteiger partial charge < -0.3 is 4.42 Å². The highest BCUT2D eigenvalue weighted by atomic mass is 35.5. The van der Waals surface area contributed by atoms with Crippen LogP contribution in [-0.2, 0) is 0 Å². The van der Waals surface area contributed by atoms with E-state index in [1.54, 1.807) is 36.4 Å². The highest BCUT2D eigenvalue weighted by Crippen LogP contribution is 2.33. The van der Waals surface area contributed by atoms with Crippen molar-refractivity contribution >= 4 is 66.8 Å². The van der Waals surface area contributed by atoms with Crippen molar-refractivity contribution in [1.82, 2.24) is 4.98 Å². The van der Waals surface area contributed by atoms with Gasteiger partial charge in [-0.3, -0.25) is 10.1 Å². The second-order valence-corrected chi connectivity index (χ2v) is 7.07. The Morgan fingerprint density at radius 2 is 1.96 bits per heavy atom. The van der Waals surface area contributed by atoms with E-state index in [4.69, 9.17) is 27.6 Å². The summed E-state index contributed by atoms with van der Waals surface area (Å²) in [6, 6.07) is 11.7. The fourth-order valence-corrected chi connectivity index (χ4v) is 3.98. The summed E-state index contributed by atoms with van der Waals surface area (Å²) in [5.41, 5.74) is 0.155. The maximum Gasteiger partial charge on any atom is 0.349 e. The largest absolute Gasteiger partial charge is 0.422 e. The van der Waals surface area contributed by atoms with Gasteiger partial charge >= 0.3 is 5.63 Å². The Labute approximate surface area is 154 Å². The van der Waals surface area contributed by atoms with Gasteiger partial charge in [-0.2, -0.15) is 0 Å². The van der Waals surface area contributed by atoms with Gasteiger partial charge in [-0.05, 0) is 24.3 Å². The van der Waals surface area contributed by atoms with E-state index >= 15 is 0 Å². The van der Waals surface area contributed by atoms with Gasteiger partial charge in [-0.25, -0.2) is 9.78 Å². The number of rotatable bonds is 2. The fourth-order valence-electron chi connectivity index (χ4n) is 2.40. The minimum atomic E-state index is -0.710. The van der Waals surface area contributed by atoms with Crippen LogP contribution in [0.4, 0.5) is 5.13 Å². The van der Waals surface area contributed by atoms with Crippen molar-refractivity contribution in [2.75, 3.05) is 5.32 Å². The molecule has 0 spiro atoms. The monoisotopic (exact) mass is 390 g/mol. The van der Waals surface area contributed by atoms with E-state index in [2.05, 4.69) is 10.3 Å². The molecule has 0 bridgehead atoms. The summed E-state index contributed by atoms with van der Waals surface area (Å²) >= 11 is 13.3. The van der Waals surface area contributed by atoms with E-state index in [1.165, 1.54) is 17.4 Å². The van der Waals surface area contributed by atoms with Crippen LogP contribution in [-0.4, -0.2) is 10.9 Å². The molecule has 0 aliphatic carbocycles. The van der Waals surface area contributed by atoms with Crippen molar-refractivity contribution in [3.05, 3.63) is 68.5 Å². The average molecular weight is 391 g/mol. The topological polar surface area (TPSA) is 72.2 Å². The molecule has 1 N–H and O–H groups in total. The van der Waals surface area contributed by atoms with Gasteiger partial charge in [0.25, 0.3) is 5.91 Å². The Morgan fingerprint density at radius 1 is 1.16 bits per heavy atom. The summed E-state index contributed by atoms with van der Waals surface area (Å²) in [5.74, 6) is -0.597. The van der Waals surface area contributed by atoms with E-state index in [0.29, 0.717) is 31.7 Å².